The average molecular weight is 227 g/mol. The molecule has 0 aromatic carbocycles. The van der Waals surface area contributed by atoms with Crippen LogP contribution in [0.25, 0.3) is 0 Å². The molecule has 15 heavy (non-hydrogen) atoms. The van der Waals surface area contributed by atoms with Crippen LogP contribution >= 0.6 is 11.5 Å². The number of aromatic nitrogens is 2. The van der Waals surface area contributed by atoms with Crippen LogP contribution in [-0.4, -0.2) is 15.4 Å². The van der Waals surface area contributed by atoms with Gasteiger partial charge in [0.15, 0.2) is 0 Å². The molecule has 1 heterocycles. The van der Waals surface area contributed by atoms with E-state index in [0.717, 1.165) is 29.7 Å². The van der Waals surface area contributed by atoms with E-state index < -0.39 is 0 Å². The Morgan fingerprint density at radius 2 is 2.07 bits per heavy atom. The van der Waals surface area contributed by atoms with Gasteiger partial charge < -0.3 is 5.32 Å². The third-order valence-corrected chi connectivity index (χ3v) is 2.82. The van der Waals surface area contributed by atoms with Gasteiger partial charge in [-0.2, -0.15) is 4.37 Å². The van der Waals surface area contributed by atoms with Gasteiger partial charge >= 0.3 is 0 Å². The molecular weight excluding hydrogens is 206 g/mol. The Hall–Kier alpha value is -0.640. The van der Waals surface area contributed by atoms with Gasteiger partial charge in [0.25, 0.3) is 0 Å². The van der Waals surface area contributed by atoms with Gasteiger partial charge in [0, 0.05) is 24.0 Å². The van der Waals surface area contributed by atoms with E-state index >= 15 is 0 Å². The van der Waals surface area contributed by atoms with Gasteiger partial charge in [0.2, 0.25) is 5.13 Å². The van der Waals surface area contributed by atoms with Crippen LogP contribution in [0.2, 0.25) is 0 Å². The predicted octanol–water partition coefficient (Wildman–Crippen LogP) is 3.34. The SMILES string of the molecule is CCCc1nsc(NC(C)CC(C)C)n1. The topological polar surface area (TPSA) is 37.8 Å². The second-order valence-corrected chi connectivity index (χ2v) is 5.19. The molecule has 1 rings (SSSR count). The summed E-state index contributed by atoms with van der Waals surface area (Å²) in [4.78, 5) is 4.44. The highest BCUT2D eigenvalue weighted by molar-refractivity contribution is 7.09. The monoisotopic (exact) mass is 227 g/mol. The van der Waals surface area contributed by atoms with Gasteiger partial charge in [0.1, 0.15) is 5.82 Å². The van der Waals surface area contributed by atoms with Crippen molar-refractivity contribution in [3.63, 3.8) is 0 Å². The zero-order valence-electron chi connectivity index (χ0n) is 10.1. The molecule has 0 saturated heterocycles. The van der Waals surface area contributed by atoms with Crippen molar-refractivity contribution in [2.24, 2.45) is 5.92 Å². The lowest BCUT2D eigenvalue weighted by Crippen LogP contribution is -2.17. The lowest BCUT2D eigenvalue weighted by Gasteiger charge is -2.14. The number of anilines is 1. The van der Waals surface area contributed by atoms with E-state index in [1.807, 2.05) is 0 Å². The molecule has 0 aliphatic rings. The molecule has 1 aromatic rings. The van der Waals surface area contributed by atoms with Crippen LogP contribution in [0.5, 0.6) is 0 Å². The number of hydrogen-bond donors (Lipinski definition) is 1. The molecule has 0 fully saturated rings. The minimum Gasteiger partial charge on any atom is -0.358 e. The summed E-state index contributed by atoms with van der Waals surface area (Å²) in [6, 6.07) is 0.479. The maximum Gasteiger partial charge on any atom is 0.202 e. The summed E-state index contributed by atoms with van der Waals surface area (Å²) in [5.41, 5.74) is 0. The molecule has 1 atom stereocenters. The van der Waals surface area contributed by atoms with Gasteiger partial charge in [-0.1, -0.05) is 20.8 Å². The van der Waals surface area contributed by atoms with E-state index in [-0.39, 0.29) is 0 Å². The van der Waals surface area contributed by atoms with Crippen LogP contribution in [0, 0.1) is 5.92 Å². The number of aryl methyl sites for hydroxylation is 1. The first-order valence-corrected chi connectivity index (χ1v) is 6.48. The second kappa shape index (κ2) is 6.05. The molecule has 0 amide bonds. The van der Waals surface area contributed by atoms with E-state index in [1.165, 1.54) is 18.0 Å². The Morgan fingerprint density at radius 1 is 1.33 bits per heavy atom. The fraction of sp³-hybridized carbons (Fsp3) is 0.818. The fourth-order valence-corrected chi connectivity index (χ4v) is 2.34. The standard InChI is InChI=1S/C11H21N3S/c1-5-6-10-13-11(15-14-10)12-9(4)7-8(2)3/h8-9H,5-7H2,1-4H3,(H,12,13,14). The quantitative estimate of drug-likeness (QED) is 0.810. The van der Waals surface area contributed by atoms with Crippen LogP contribution in [0.15, 0.2) is 0 Å². The average Bonchev–Trinajstić information content (AvgIpc) is 2.51. The lowest BCUT2D eigenvalue weighted by molar-refractivity contribution is 0.539. The van der Waals surface area contributed by atoms with E-state index in [1.54, 1.807) is 0 Å². The molecule has 0 spiro atoms. The first-order valence-electron chi connectivity index (χ1n) is 5.71. The van der Waals surface area contributed by atoms with Crippen molar-refractivity contribution >= 4 is 16.7 Å². The van der Waals surface area contributed by atoms with Crippen LogP contribution in [0.3, 0.4) is 0 Å². The van der Waals surface area contributed by atoms with Crippen molar-refractivity contribution in [1.82, 2.24) is 9.36 Å². The molecule has 0 aliphatic carbocycles. The van der Waals surface area contributed by atoms with Crippen molar-refractivity contribution in [3.8, 4) is 0 Å². The number of hydrogen-bond acceptors (Lipinski definition) is 4. The Morgan fingerprint density at radius 3 is 2.67 bits per heavy atom. The van der Waals surface area contributed by atoms with Crippen molar-refractivity contribution in [2.75, 3.05) is 5.32 Å². The minimum atomic E-state index is 0.479. The first kappa shape index (κ1) is 12.4. The van der Waals surface area contributed by atoms with Crippen molar-refractivity contribution in [2.45, 2.75) is 53.0 Å². The Bertz CT molecular complexity index is 283. The van der Waals surface area contributed by atoms with Crippen LogP contribution in [0.1, 0.15) is 46.4 Å². The minimum absolute atomic E-state index is 0.479. The zero-order valence-corrected chi connectivity index (χ0v) is 10.9. The lowest BCUT2D eigenvalue weighted by atomic mass is 10.1. The van der Waals surface area contributed by atoms with Gasteiger partial charge in [-0.05, 0) is 25.7 Å². The molecule has 1 N–H and O–H groups in total. The molecule has 0 bridgehead atoms. The molecule has 0 radical (unpaired) electrons. The molecule has 3 nitrogen and oxygen atoms in total. The molecule has 1 unspecified atom stereocenters. The van der Waals surface area contributed by atoms with Crippen LogP contribution in [0.4, 0.5) is 5.13 Å². The first-order chi connectivity index (χ1) is 7.11. The summed E-state index contributed by atoms with van der Waals surface area (Å²) in [6.07, 6.45) is 3.26. The Balaban J connectivity index is 2.42. The van der Waals surface area contributed by atoms with Gasteiger partial charge in [0.05, 0.1) is 0 Å². The van der Waals surface area contributed by atoms with Crippen LogP contribution in [-0.2, 0) is 6.42 Å². The third-order valence-electron chi connectivity index (χ3n) is 2.14. The fourth-order valence-electron chi connectivity index (χ4n) is 1.61. The highest BCUT2D eigenvalue weighted by Gasteiger charge is 2.08. The smallest absolute Gasteiger partial charge is 0.202 e. The molecule has 0 saturated carbocycles. The van der Waals surface area contributed by atoms with Crippen molar-refractivity contribution in [1.29, 1.82) is 0 Å². The predicted molar refractivity (Wildman–Crippen MR) is 66.4 cm³/mol. The summed E-state index contributed by atoms with van der Waals surface area (Å²) in [7, 11) is 0. The highest BCUT2D eigenvalue weighted by Crippen LogP contribution is 2.15. The van der Waals surface area contributed by atoms with E-state index in [9.17, 15) is 0 Å². The van der Waals surface area contributed by atoms with E-state index in [4.69, 9.17) is 0 Å². The van der Waals surface area contributed by atoms with Gasteiger partial charge in [-0.3, -0.25) is 0 Å². The van der Waals surface area contributed by atoms with E-state index in [2.05, 4.69) is 42.4 Å². The molecule has 86 valence electrons. The third kappa shape index (κ3) is 4.60. The largest absolute Gasteiger partial charge is 0.358 e. The number of rotatable bonds is 6. The summed E-state index contributed by atoms with van der Waals surface area (Å²) >= 11 is 1.47. The summed E-state index contributed by atoms with van der Waals surface area (Å²) in [5.74, 6) is 1.69. The van der Waals surface area contributed by atoms with Crippen molar-refractivity contribution in [3.05, 3.63) is 5.82 Å². The van der Waals surface area contributed by atoms with E-state index in [0.29, 0.717) is 6.04 Å². The Kier molecular flexibility index (Phi) is 5.02. The summed E-state index contributed by atoms with van der Waals surface area (Å²) in [6.45, 7) is 8.82. The second-order valence-electron chi connectivity index (χ2n) is 4.44. The molecular formula is C11H21N3S. The van der Waals surface area contributed by atoms with Gasteiger partial charge in [-0.15, -0.1) is 0 Å². The molecule has 1 aromatic heterocycles. The summed E-state index contributed by atoms with van der Waals surface area (Å²) in [5, 5.41) is 4.36. The Labute approximate surface area is 96.5 Å². The van der Waals surface area contributed by atoms with Gasteiger partial charge in [-0.25, -0.2) is 4.98 Å². The highest BCUT2D eigenvalue weighted by atomic mass is 32.1. The zero-order chi connectivity index (χ0) is 11.3. The maximum atomic E-state index is 4.44. The normalized spacial score (nSPS) is 13.1. The number of nitrogens with one attached hydrogen (secondary N) is 1. The number of nitrogens with zero attached hydrogens (tertiary/aromatic N) is 2. The summed E-state index contributed by atoms with van der Waals surface area (Å²) < 4.78 is 4.31. The van der Waals surface area contributed by atoms with Crippen molar-refractivity contribution < 1.29 is 0 Å². The maximum absolute atomic E-state index is 4.44. The molecule has 4 heteroatoms. The van der Waals surface area contributed by atoms with Crippen LogP contribution < -0.4 is 5.32 Å². The molecule has 0 aliphatic heterocycles.